The zero-order valence-electron chi connectivity index (χ0n) is 7.01. The highest BCUT2D eigenvalue weighted by atomic mass is 15.1. The minimum Gasteiger partial charge on any atom is -0.274 e. The number of benzene rings is 1. The fraction of sp³-hybridized carbons (Fsp3) is 0.300. The first kappa shape index (κ1) is 7.35. The highest BCUT2D eigenvalue weighted by Gasteiger charge is 2.11. The SMILES string of the molecule is c1ccc(CC2=[NH+]CCN2)cc1. The lowest BCUT2D eigenvalue weighted by molar-refractivity contribution is -0.445. The molecule has 2 rings (SSSR count). The maximum atomic E-state index is 3.31. The fourth-order valence-corrected chi connectivity index (χ4v) is 1.41. The lowest BCUT2D eigenvalue weighted by Crippen LogP contribution is -2.71. The summed E-state index contributed by atoms with van der Waals surface area (Å²) in [5.41, 5.74) is 1.36. The van der Waals surface area contributed by atoms with E-state index in [1.807, 2.05) is 6.07 Å². The predicted octanol–water partition coefficient (Wildman–Crippen LogP) is -0.689. The van der Waals surface area contributed by atoms with E-state index in [-0.39, 0.29) is 0 Å². The Morgan fingerprint density at radius 3 is 2.75 bits per heavy atom. The van der Waals surface area contributed by atoms with E-state index in [4.69, 9.17) is 0 Å². The molecule has 0 spiro atoms. The highest BCUT2D eigenvalue weighted by Crippen LogP contribution is 1.98. The summed E-state index contributed by atoms with van der Waals surface area (Å²) in [7, 11) is 0. The van der Waals surface area contributed by atoms with E-state index in [0.717, 1.165) is 19.5 Å². The van der Waals surface area contributed by atoms with Crippen molar-refractivity contribution in [2.24, 2.45) is 0 Å². The van der Waals surface area contributed by atoms with Crippen LogP contribution in [0.3, 0.4) is 0 Å². The number of nitrogens with one attached hydrogen (secondary N) is 2. The summed E-state index contributed by atoms with van der Waals surface area (Å²) in [4.78, 5) is 3.31. The van der Waals surface area contributed by atoms with Gasteiger partial charge in [0, 0.05) is 0 Å². The van der Waals surface area contributed by atoms with Crippen molar-refractivity contribution in [3.05, 3.63) is 35.9 Å². The first-order valence-electron chi connectivity index (χ1n) is 4.32. The molecule has 12 heavy (non-hydrogen) atoms. The van der Waals surface area contributed by atoms with Gasteiger partial charge in [0.05, 0.1) is 6.42 Å². The Morgan fingerprint density at radius 1 is 1.25 bits per heavy atom. The van der Waals surface area contributed by atoms with Gasteiger partial charge in [0.25, 0.3) is 0 Å². The number of hydrogen-bond acceptors (Lipinski definition) is 1. The highest BCUT2D eigenvalue weighted by molar-refractivity contribution is 5.79. The second-order valence-electron chi connectivity index (χ2n) is 2.99. The van der Waals surface area contributed by atoms with Crippen LogP contribution >= 0.6 is 0 Å². The van der Waals surface area contributed by atoms with Crippen LogP contribution in [0.15, 0.2) is 30.3 Å². The molecule has 0 atom stereocenters. The van der Waals surface area contributed by atoms with Crippen molar-refractivity contribution >= 4 is 5.84 Å². The number of amidine groups is 1. The lowest BCUT2D eigenvalue weighted by atomic mass is 10.1. The van der Waals surface area contributed by atoms with Gasteiger partial charge in [0.2, 0.25) is 5.84 Å². The largest absolute Gasteiger partial charge is 0.274 e. The average molecular weight is 161 g/mol. The van der Waals surface area contributed by atoms with E-state index in [1.54, 1.807) is 0 Å². The zero-order valence-corrected chi connectivity index (χ0v) is 7.01. The normalized spacial score (nSPS) is 15.5. The van der Waals surface area contributed by atoms with E-state index in [9.17, 15) is 0 Å². The Bertz CT molecular complexity index is 277. The van der Waals surface area contributed by atoms with Crippen LogP contribution in [0.2, 0.25) is 0 Å². The van der Waals surface area contributed by atoms with Gasteiger partial charge in [-0.05, 0) is 5.56 Å². The van der Waals surface area contributed by atoms with E-state index >= 15 is 0 Å². The Hall–Kier alpha value is -1.31. The summed E-state index contributed by atoms with van der Waals surface area (Å²) >= 11 is 0. The van der Waals surface area contributed by atoms with E-state index < -0.39 is 0 Å². The van der Waals surface area contributed by atoms with Crippen molar-refractivity contribution in [3.8, 4) is 0 Å². The van der Waals surface area contributed by atoms with Gasteiger partial charge in [-0.25, -0.2) is 0 Å². The maximum Gasteiger partial charge on any atom is 0.247 e. The third kappa shape index (κ3) is 1.64. The molecule has 1 aromatic rings. The summed E-state index contributed by atoms with van der Waals surface area (Å²) < 4.78 is 0. The second-order valence-corrected chi connectivity index (χ2v) is 2.99. The standard InChI is InChI=1S/C10H12N2/c1-2-4-9(5-3-1)8-10-11-6-7-12-10/h1-5H,6-8H2,(H,11,12)/p+1. The van der Waals surface area contributed by atoms with Gasteiger partial charge < -0.3 is 0 Å². The molecule has 1 aromatic carbocycles. The molecule has 0 amide bonds. The van der Waals surface area contributed by atoms with Crippen molar-refractivity contribution in [2.45, 2.75) is 6.42 Å². The van der Waals surface area contributed by atoms with Crippen molar-refractivity contribution in [3.63, 3.8) is 0 Å². The first-order chi connectivity index (χ1) is 5.95. The van der Waals surface area contributed by atoms with Crippen LogP contribution in [0.1, 0.15) is 5.56 Å². The van der Waals surface area contributed by atoms with Crippen LogP contribution in [-0.2, 0) is 6.42 Å². The molecule has 1 heterocycles. The van der Waals surface area contributed by atoms with Crippen LogP contribution in [0.5, 0.6) is 0 Å². The van der Waals surface area contributed by atoms with Crippen LogP contribution in [0.25, 0.3) is 0 Å². The molecule has 0 radical (unpaired) electrons. The molecule has 2 heteroatoms. The van der Waals surface area contributed by atoms with Crippen molar-refractivity contribution in [2.75, 3.05) is 13.1 Å². The molecule has 0 aliphatic carbocycles. The van der Waals surface area contributed by atoms with Gasteiger partial charge in [-0.2, -0.15) is 0 Å². The molecule has 0 fully saturated rings. The summed E-state index contributed by atoms with van der Waals surface area (Å²) in [6.07, 6.45) is 1.00. The molecule has 0 bridgehead atoms. The monoisotopic (exact) mass is 161 g/mol. The van der Waals surface area contributed by atoms with Crippen molar-refractivity contribution in [1.29, 1.82) is 0 Å². The van der Waals surface area contributed by atoms with Crippen LogP contribution in [0, 0.1) is 0 Å². The van der Waals surface area contributed by atoms with Gasteiger partial charge in [0.1, 0.15) is 13.1 Å². The molecule has 1 aliphatic heterocycles. The topological polar surface area (TPSA) is 26.0 Å². The molecule has 0 saturated carbocycles. The molecule has 0 aromatic heterocycles. The van der Waals surface area contributed by atoms with Crippen LogP contribution in [-0.4, -0.2) is 18.9 Å². The predicted molar refractivity (Wildman–Crippen MR) is 49.0 cm³/mol. The second kappa shape index (κ2) is 3.39. The minimum absolute atomic E-state index is 1.00. The van der Waals surface area contributed by atoms with Crippen LogP contribution in [0.4, 0.5) is 0 Å². The summed E-state index contributed by atoms with van der Waals surface area (Å²) in [6, 6.07) is 10.5. The average Bonchev–Trinajstić information content (AvgIpc) is 2.59. The Morgan fingerprint density at radius 2 is 2.08 bits per heavy atom. The Kier molecular flexibility index (Phi) is 2.08. The number of hydrogen-bond donors (Lipinski definition) is 2. The van der Waals surface area contributed by atoms with Gasteiger partial charge in [-0.3, -0.25) is 10.3 Å². The molecular formula is C10H13N2+. The van der Waals surface area contributed by atoms with Gasteiger partial charge >= 0.3 is 0 Å². The van der Waals surface area contributed by atoms with E-state index in [0.29, 0.717) is 0 Å². The Balaban J connectivity index is 2.04. The van der Waals surface area contributed by atoms with E-state index in [1.165, 1.54) is 11.4 Å². The zero-order chi connectivity index (χ0) is 8.23. The van der Waals surface area contributed by atoms with Gasteiger partial charge in [-0.15, -0.1) is 0 Å². The summed E-state index contributed by atoms with van der Waals surface area (Å²) in [6.45, 7) is 2.12. The molecule has 2 N–H and O–H groups in total. The van der Waals surface area contributed by atoms with Gasteiger partial charge in [0.15, 0.2) is 0 Å². The smallest absolute Gasteiger partial charge is 0.247 e. The quantitative estimate of drug-likeness (QED) is 0.590. The molecule has 62 valence electrons. The summed E-state index contributed by atoms with van der Waals surface area (Å²) in [5, 5.41) is 3.31. The Labute approximate surface area is 72.3 Å². The minimum atomic E-state index is 1.00. The third-order valence-corrected chi connectivity index (χ3v) is 2.03. The third-order valence-electron chi connectivity index (χ3n) is 2.03. The van der Waals surface area contributed by atoms with Gasteiger partial charge in [-0.1, -0.05) is 30.3 Å². The van der Waals surface area contributed by atoms with E-state index in [2.05, 4.69) is 34.6 Å². The van der Waals surface area contributed by atoms with Crippen LogP contribution < -0.4 is 10.3 Å². The number of rotatable bonds is 2. The molecular weight excluding hydrogens is 148 g/mol. The van der Waals surface area contributed by atoms with Crippen molar-refractivity contribution in [1.82, 2.24) is 5.32 Å². The summed E-state index contributed by atoms with van der Waals surface area (Å²) in [5.74, 6) is 1.25. The van der Waals surface area contributed by atoms with Crippen molar-refractivity contribution < 1.29 is 4.99 Å². The molecule has 2 nitrogen and oxygen atoms in total. The molecule has 1 aliphatic rings. The fourth-order valence-electron chi connectivity index (χ4n) is 1.41. The lowest BCUT2D eigenvalue weighted by Gasteiger charge is -1.95. The molecule has 0 saturated heterocycles. The first-order valence-corrected chi connectivity index (χ1v) is 4.32. The molecule has 0 unspecified atom stereocenters. The maximum absolute atomic E-state index is 3.31.